The van der Waals surface area contributed by atoms with Crippen LogP contribution in [0.1, 0.15) is 26.2 Å². The molecular weight excluding hydrogens is 230 g/mol. The average Bonchev–Trinajstić information content (AvgIpc) is 2.38. The van der Waals surface area contributed by atoms with Gasteiger partial charge in [-0.25, -0.2) is 0 Å². The van der Waals surface area contributed by atoms with Crippen LogP contribution < -0.4 is 11.1 Å². The molecule has 1 aliphatic rings. The number of carbonyl (C=O) groups is 1. The number of amides is 1. The monoisotopic (exact) mass is 257 g/mol. The van der Waals surface area contributed by atoms with Crippen LogP contribution in [-0.2, 0) is 9.53 Å². The Morgan fingerprint density at radius 3 is 2.78 bits per heavy atom. The number of piperidine rings is 1. The summed E-state index contributed by atoms with van der Waals surface area (Å²) >= 11 is 0. The fourth-order valence-electron chi connectivity index (χ4n) is 2.23. The number of ether oxygens (including phenoxy) is 1. The van der Waals surface area contributed by atoms with E-state index in [4.69, 9.17) is 10.5 Å². The highest BCUT2D eigenvalue weighted by Gasteiger charge is 2.13. The second kappa shape index (κ2) is 9.30. The van der Waals surface area contributed by atoms with Gasteiger partial charge in [-0.1, -0.05) is 13.3 Å². The van der Waals surface area contributed by atoms with Crippen LogP contribution in [0, 0.1) is 5.92 Å². The van der Waals surface area contributed by atoms with Crippen LogP contribution in [-0.4, -0.2) is 56.7 Å². The van der Waals surface area contributed by atoms with Crippen molar-refractivity contribution in [3.63, 3.8) is 0 Å². The maximum atomic E-state index is 11.4. The van der Waals surface area contributed by atoms with Gasteiger partial charge in [0.25, 0.3) is 0 Å². The van der Waals surface area contributed by atoms with Crippen LogP contribution in [0.5, 0.6) is 0 Å². The topological polar surface area (TPSA) is 67.6 Å². The molecule has 1 saturated heterocycles. The molecule has 1 amide bonds. The molecule has 0 saturated carbocycles. The maximum Gasteiger partial charge on any atom is 0.246 e. The van der Waals surface area contributed by atoms with Gasteiger partial charge in [-0.3, -0.25) is 4.79 Å². The molecule has 0 aromatic rings. The van der Waals surface area contributed by atoms with E-state index in [0.29, 0.717) is 19.1 Å². The van der Waals surface area contributed by atoms with Gasteiger partial charge >= 0.3 is 0 Å². The first-order valence-electron chi connectivity index (χ1n) is 6.99. The van der Waals surface area contributed by atoms with E-state index in [-0.39, 0.29) is 12.5 Å². The first-order chi connectivity index (χ1) is 8.72. The van der Waals surface area contributed by atoms with Crippen molar-refractivity contribution in [3.8, 4) is 0 Å². The lowest BCUT2D eigenvalue weighted by Crippen LogP contribution is -2.39. The number of nitrogens with zero attached hydrogens (tertiary/aromatic N) is 1. The second-order valence-corrected chi connectivity index (χ2v) is 5.11. The van der Waals surface area contributed by atoms with Crippen molar-refractivity contribution in [1.82, 2.24) is 10.2 Å². The first kappa shape index (κ1) is 15.4. The highest BCUT2D eigenvalue weighted by molar-refractivity contribution is 5.77. The van der Waals surface area contributed by atoms with E-state index in [1.807, 2.05) is 0 Å². The molecule has 5 heteroatoms. The van der Waals surface area contributed by atoms with E-state index in [9.17, 15) is 4.79 Å². The van der Waals surface area contributed by atoms with Crippen molar-refractivity contribution >= 4 is 5.91 Å². The van der Waals surface area contributed by atoms with Gasteiger partial charge < -0.3 is 20.7 Å². The van der Waals surface area contributed by atoms with Crippen LogP contribution in [0.4, 0.5) is 0 Å². The largest absolute Gasteiger partial charge is 0.370 e. The molecular formula is C13H27N3O2. The van der Waals surface area contributed by atoms with Gasteiger partial charge in [0.2, 0.25) is 5.91 Å². The molecule has 3 N–H and O–H groups in total. The van der Waals surface area contributed by atoms with Gasteiger partial charge in [0, 0.05) is 19.6 Å². The Bertz CT molecular complexity index is 230. The summed E-state index contributed by atoms with van der Waals surface area (Å²) in [5, 5.41) is 2.90. The molecule has 0 aromatic heterocycles. The van der Waals surface area contributed by atoms with Gasteiger partial charge in [-0.15, -0.1) is 0 Å². The Balaban J connectivity index is 2.04. The highest BCUT2D eigenvalue weighted by atomic mass is 16.5. The maximum absolute atomic E-state index is 11.4. The summed E-state index contributed by atoms with van der Waals surface area (Å²) in [6.45, 7) is 7.40. The normalized spacial score (nSPS) is 18.6. The first-order valence-corrected chi connectivity index (χ1v) is 6.99. The molecule has 1 atom stereocenters. The van der Waals surface area contributed by atoms with Crippen molar-refractivity contribution in [2.24, 2.45) is 11.7 Å². The van der Waals surface area contributed by atoms with E-state index in [2.05, 4.69) is 17.1 Å². The molecule has 0 aromatic carbocycles. The molecule has 1 fully saturated rings. The van der Waals surface area contributed by atoms with Crippen LogP contribution in [0.2, 0.25) is 0 Å². The molecule has 1 heterocycles. The zero-order chi connectivity index (χ0) is 13.2. The zero-order valence-electron chi connectivity index (χ0n) is 11.5. The van der Waals surface area contributed by atoms with E-state index < -0.39 is 0 Å². The molecule has 0 spiro atoms. The Kier molecular flexibility index (Phi) is 7.96. The SMILES string of the molecule is CC(CNC(=O)COCCN)CN1CCCCC1. The smallest absolute Gasteiger partial charge is 0.246 e. The molecule has 1 aliphatic heterocycles. The molecule has 0 radical (unpaired) electrons. The van der Waals surface area contributed by atoms with Gasteiger partial charge in [0.1, 0.15) is 6.61 Å². The third-order valence-electron chi connectivity index (χ3n) is 3.16. The Labute approximate surface area is 110 Å². The van der Waals surface area contributed by atoms with Crippen LogP contribution >= 0.6 is 0 Å². The lowest BCUT2D eigenvalue weighted by molar-refractivity contribution is -0.125. The molecule has 18 heavy (non-hydrogen) atoms. The second-order valence-electron chi connectivity index (χ2n) is 5.11. The fourth-order valence-corrected chi connectivity index (χ4v) is 2.23. The summed E-state index contributed by atoms with van der Waals surface area (Å²) in [4.78, 5) is 13.9. The quantitative estimate of drug-likeness (QED) is 0.610. The van der Waals surface area contributed by atoms with Crippen molar-refractivity contribution in [2.45, 2.75) is 26.2 Å². The number of carbonyl (C=O) groups excluding carboxylic acids is 1. The minimum atomic E-state index is -0.0473. The summed E-state index contributed by atoms with van der Waals surface area (Å²) in [5.41, 5.74) is 5.28. The Morgan fingerprint density at radius 2 is 2.11 bits per heavy atom. The van der Waals surface area contributed by atoms with Crippen molar-refractivity contribution in [2.75, 3.05) is 45.9 Å². The third-order valence-corrected chi connectivity index (χ3v) is 3.16. The van der Waals surface area contributed by atoms with Gasteiger partial charge in [-0.05, 0) is 31.8 Å². The number of nitrogens with two attached hydrogens (primary N) is 1. The van der Waals surface area contributed by atoms with Gasteiger partial charge in [0.15, 0.2) is 0 Å². The van der Waals surface area contributed by atoms with E-state index >= 15 is 0 Å². The predicted octanol–water partition coefficient (Wildman–Crippen LogP) is 0.200. The minimum Gasteiger partial charge on any atom is -0.370 e. The number of hydrogen-bond donors (Lipinski definition) is 2. The lowest BCUT2D eigenvalue weighted by atomic mass is 10.1. The summed E-state index contributed by atoms with van der Waals surface area (Å²) in [6, 6.07) is 0. The van der Waals surface area contributed by atoms with Crippen LogP contribution in [0.25, 0.3) is 0 Å². The molecule has 5 nitrogen and oxygen atoms in total. The highest BCUT2D eigenvalue weighted by Crippen LogP contribution is 2.10. The summed E-state index contributed by atoms with van der Waals surface area (Å²) in [7, 11) is 0. The number of hydrogen-bond acceptors (Lipinski definition) is 4. The Hall–Kier alpha value is -0.650. The molecule has 0 bridgehead atoms. The predicted molar refractivity (Wildman–Crippen MR) is 72.3 cm³/mol. The van der Waals surface area contributed by atoms with Crippen LogP contribution in [0.3, 0.4) is 0 Å². The molecule has 0 aliphatic carbocycles. The third kappa shape index (κ3) is 6.93. The molecule has 1 rings (SSSR count). The average molecular weight is 257 g/mol. The fraction of sp³-hybridized carbons (Fsp3) is 0.923. The summed E-state index contributed by atoms with van der Waals surface area (Å²) < 4.78 is 5.08. The lowest BCUT2D eigenvalue weighted by Gasteiger charge is -2.29. The minimum absolute atomic E-state index is 0.0473. The summed E-state index contributed by atoms with van der Waals surface area (Å²) in [6.07, 6.45) is 3.98. The van der Waals surface area contributed by atoms with E-state index in [1.165, 1.54) is 32.4 Å². The van der Waals surface area contributed by atoms with E-state index in [1.54, 1.807) is 0 Å². The summed E-state index contributed by atoms with van der Waals surface area (Å²) in [5.74, 6) is 0.440. The Morgan fingerprint density at radius 1 is 1.39 bits per heavy atom. The van der Waals surface area contributed by atoms with Crippen molar-refractivity contribution < 1.29 is 9.53 Å². The van der Waals surface area contributed by atoms with Crippen LogP contribution in [0.15, 0.2) is 0 Å². The zero-order valence-corrected chi connectivity index (χ0v) is 11.5. The van der Waals surface area contributed by atoms with Gasteiger partial charge in [0.05, 0.1) is 6.61 Å². The van der Waals surface area contributed by atoms with Gasteiger partial charge in [-0.2, -0.15) is 0 Å². The standard InChI is InChI=1S/C13H27N3O2/c1-12(10-16-6-3-2-4-7-16)9-15-13(17)11-18-8-5-14/h12H,2-11,14H2,1H3,(H,15,17). The number of likely N-dealkylation sites (tertiary alicyclic amines) is 1. The van der Waals surface area contributed by atoms with Crippen molar-refractivity contribution in [3.05, 3.63) is 0 Å². The molecule has 1 unspecified atom stereocenters. The molecule has 106 valence electrons. The number of nitrogens with one attached hydrogen (secondary N) is 1. The van der Waals surface area contributed by atoms with E-state index in [0.717, 1.165) is 13.1 Å². The van der Waals surface area contributed by atoms with Crippen molar-refractivity contribution in [1.29, 1.82) is 0 Å². The number of rotatable bonds is 8.